The van der Waals surface area contributed by atoms with Crippen LogP contribution < -0.4 is 0 Å². The van der Waals surface area contributed by atoms with Gasteiger partial charge in [-0.25, -0.2) is 0 Å². The maximum absolute atomic E-state index is 9.57. The van der Waals surface area contributed by atoms with Crippen molar-refractivity contribution in [2.45, 2.75) is 49.9 Å². The highest BCUT2D eigenvalue weighted by Gasteiger charge is 2.35. The zero-order valence-corrected chi connectivity index (χ0v) is 23.9. The number of hydrogen-bond acceptors (Lipinski definition) is 4. The van der Waals surface area contributed by atoms with Crippen LogP contribution in [0.4, 0.5) is 0 Å². The van der Waals surface area contributed by atoms with E-state index >= 15 is 0 Å². The number of hydrogen-bond donors (Lipinski definition) is 4. The molecule has 0 aromatic heterocycles. The first kappa shape index (κ1) is 28.8. The lowest BCUT2D eigenvalue weighted by atomic mass is 9.65. The van der Waals surface area contributed by atoms with Gasteiger partial charge in [0, 0.05) is 10.8 Å². The van der Waals surface area contributed by atoms with E-state index < -0.39 is 0 Å². The van der Waals surface area contributed by atoms with Crippen LogP contribution in [0.2, 0.25) is 0 Å². The Kier molecular flexibility index (Phi) is 8.53. The van der Waals surface area contributed by atoms with Crippen LogP contribution in [0.1, 0.15) is 66.8 Å². The number of aromatic hydroxyl groups is 4. The predicted octanol–water partition coefficient (Wildman–Crippen LogP) is 8.80. The van der Waals surface area contributed by atoms with Gasteiger partial charge in [0.05, 0.1) is 0 Å². The van der Waals surface area contributed by atoms with E-state index in [1.807, 2.05) is 66.7 Å². The summed E-state index contributed by atoms with van der Waals surface area (Å²) in [5.74, 6) is 1.13. The van der Waals surface area contributed by atoms with Crippen molar-refractivity contribution >= 4 is 0 Å². The van der Waals surface area contributed by atoms with Gasteiger partial charge in [-0.15, -0.1) is 0 Å². The van der Waals surface area contributed by atoms with E-state index in [1.165, 1.54) is 30.4 Å². The average molecular weight is 559 g/mol. The average Bonchev–Trinajstić information content (AvgIpc) is 3.03. The fourth-order valence-corrected chi connectivity index (χ4v) is 6.32. The summed E-state index contributed by atoms with van der Waals surface area (Å²) in [7, 11) is 0. The van der Waals surface area contributed by atoms with Crippen molar-refractivity contribution in [1.29, 1.82) is 0 Å². The lowest BCUT2D eigenvalue weighted by molar-refractivity contribution is 0.345. The van der Waals surface area contributed by atoms with Crippen molar-refractivity contribution in [3.05, 3.63) is 155 Å². The molecule has 0 saturated heterocycles. The van der Waals surface area contributed by atoms with E-state index in [0.29, 0.717) is 11.5 Å². The molecule has 1 aliphatic rings. The summed E-state index contributed by atoms with van der Waals surface area (Å²) in [6.07, 6.45) is 5.99. The van der Waals surface area contributed by atoms with Crippen LogP contribution in [-0.4, -0.2) is 20.4 Å². The van der Waals surface area contributed by atoms with E-state index in [9.17, 15) is 20.4 Å². The van der Waals surface area contributed by atoms with Gasteiger partial charge in [-0.3, -0.25) is 0 Å². The molecule has 5 aromatic rings. The normalized spacial score (nSPS) is 14.4. The predicted molar refractivity (Wildman–Crippen MR) is 168 cm³/mol. The lowest BCUT2D eigenvalue weighted by Gasteiger charge is -2.38. The highest BCUT2D eigenvalue weighted by Crippen LogP contribution is 2.45. The highest BCUT2D eigenvalue weighted by atomic mass is 16.3. The largest absolute Gasteiger partial charge is 0.508 e. The highest BCUT2D eigenvalue weighted by molar-refractivity contribution is 5.51. The Balaban J connectivity index is 0.000000169. The summed E-state index contributed by atoms with van der Waals surface area (Å²) < 4.78 is 0. The molecule has 0 heterocycles. The summed E-state index contributed by atoms with van der Waals surface area (Å²) in [5.41, 5.74) is 5.53. The molecule has 1 aliphatic carbocycles. The summed E-state index contributed by atoms with van der Waals surface area (Å²) >= 11 is 0. The summed E-state index contributed by atoms with van der Waals surface area (Å²) in [6.45, 7) is 2.15. The summed E-state index contributed by atoms with van der Waals surface area (Å²) in [5, 5.41) is 38.2. The van der Waals surface area contributed by atoms with Crippen LogP contribution in [-0.2, 0) is 10.8 Å². The minimum Gasteiger partial charge on any atom is -0.508 e. The third kappa shape index (κ3) is 5.99. The zero-order valence-electron chi connectivity index (χ0n) is 23.9. The van der Waals surface area contributed by atoms with Crippen LogP contribution in [0.3, 0.4) is 0 Å². The number of phenols is 4. The molecule has 0 bridgehead atoms. The van der Waals surface area contributed by atoms with Crippen LogP contribution >= 0.6 is 0 Å². The molecule has 0 unspecified atom stereocenters. The minimum absolute atomic E-state index is 0.0274. The summed E-state index contributed by atoms with van der Waals surface area (Å²) in [6, 6.07) is 40.0. The SMILES string of the molecule is CC(c1ccccc1)(c1ccc(O)cc1)c1ccc(O)cc1.Oc1ccc(C2(c3ccc(O)cc3)CCCCC2)cc1. The molecule has 214 valence electrons. The lowest BCUT2D eigenvalue weighted by Crippen LogP contribution is -2.30. The first-order chi connectivity index (χ1) is 20.3. The molecule has 6 rings (SSSR count). The van der Waals surface area contributed by atoms with Gasteiger partial charge in [-0.05, 0) is 96.1 Å². The Bertz CT molecular complexity index is 1460. The van der Waals surface area contributed by atoms with Gasteiger partial charge in [-0.2, -0.15) is 0 Å². The molecule has 4 nitrogen and oxygen atoms in total. The Hall–Kier alpha value is -4.70. The Morgan fingerprint density at radius 2 is 0.762 bits per heavy atom. The van der Waals surface area contributed by atoms with E-state index in [1.54, 1.807) is 48.5 Å². The van der Waals surface area contributed by atoms with Crippen molar-refractivity contribution in [3.8, 4) is 23.0 Å². The van der Waals surface area contributed by atoms with E-state index in [0.717, 1.165) is 29.5 Å². The van der Waals surface area contributed by atoms with Gasteiger partial charge < -0.3 is 20.4 Å². The smallest absolute Gasteiger partial charge is 0.115 e. The maximum Gasteiger partial charge on any atom is 0.115 e. The van der Waals surface area contributed by atoms with Gasteiger partial charge >= 0.3 is 0 Å². The molecule has 0 atom stereocenters. The summed E-state index contributed by atoms with van der Waals surface area (Å²) in [4.78, 5) is 0. The molecular formula is C38H38O4. The second-order valence-corrected chi connectivity index (χ2v) is 11.3. The number of benzene rings is 5. The molecule has 0 spiro atoms. The van der Waals surface area contributed by atoms with E-state index in [4.69, 9.17) is 0 Å². The number of rotatable bonds is 5. The van der Waals surface area contributed by atoms with Crippen molar-refractivity contribution in [1.82, 2.24) is 0 Å². The molecule has 42 heavy (non-hydrogen) atoms. The molecule has 4 N–H and O–H groups in total. The zero-order chi connectivity index (χ0) is 29.6. The third-order valence-corrected chi connectivity index (χ3v) is 8.79. The van der Waals surface area contributed by atoms with E-state index in [-0.39, 0.29) is 22.3 Å². The van der Waals surface area contributed by atoms with Crippen molar-refractivity contribution in [2.75, 3.05) is 0 Å². The van der Waals surface area contributed by atoms with Gasteiger partial charge in [0.2, 0.25) is 0 Å². The molecule has 1 saturated carbocycles. The van der Waals surface area contributed by atoms with Gasteiger partial charge in [0.25, 0.3) is 0 Å². The first-order valence-electron chi connectivity index (χ1n) is 14.5. The van der Waals surface area contributed by atoms with Crippen LogP contribution in [0.5, 0.6) is 23.0 Å². The standard InChI is InChI=1S/C20H18O2.C18H20O2/c1-20(15-5-3-2-4-6-15,16-7-11-18(21)12-8-16)17-9-13-19(22)14-10-17;19-16-8-4-14(5-9-16)18(12-2-1-3-13-18)15-6-10-17(20)11-7-15/h2-14,21-22H,1H3;4-11,19-20H,1-3,12-13H2. The Morgan fingerprint density at radius 3 is 1.14 bits per heavy atom. The van der Waals surface area contributed by atoms with Crippen LogP contribution in [0, 0.1) is 0 Å². The minimum atomic E-state index is -0.358. The number of phenolic OH excluding ortho intramolecular Hbond substituents is 4. The molecule has 4 heteroatoms. The molecule has 0 aliphatic heterocycles. The van der Waals surface area contributed by atoms with Crippen molar-refractivity contribution < 1.29 is 20.4 Å². The van der Waals surface area contributed by atoms with Crippen LogP contribution in [0.15, 0.2) is 127 Å². The quantitative estimate of drug-likeness (QED) is 0.163. The Labute approximate surface area is 248 Å². The molecule has 0 amide bonds. The molecular weight excluding hydrogens is 520 g/mol. The van der Waals surface area contributed by atoms with Gasteiger partial charge in [-0.1, -0.05) is 98.1 Å². The molecule has 1 fully saturated rings. The fraction of sp³-hybridized carbons (Fsp3) is 0.211. The monoisotopic (exact) mass is 558 g/mol. The molecule has 0 radical (unpaired) electrons. The second kappa shape index (κ2) is 12.4. The first-order valence-corrected chi connectivity index (χ1v) is 14.5. The second-order valence-electron chi connectivity index (χ2n) is 11.3. The van der Waals surface area contributed by atoms with Crippen LogP contribution in [0.25, 0.3) is 0 Å². The van der Waals surface area contributed by atoms with Gasteiger partial charge in [0.15, 0.2) is 0 Å². The van der Waals surface area contributed by atoms with Crippen molar-refractivity contribution in [3.63, 3.8) is 0 Å². The molecule has 5 aromatic carbocycles. The fourth-order valence-electron chi connectivity index (χ4n) is 6.32. The van der Waals surface area contributed by atoms with Crippen molar-refractivity contribution in [2.24, 2.45) is 0 Å². The Morgan fingerprint density at radius 1 is 0.429 bits per heavy atom. The van der Waals surface area contributed by atoms with Gasteiger partial charge in [0.1, 0.15) is 23.0 Å². The van der Waals surface area contributed by atoms with E-state index in [2.05, 4.69) is 19.1 Å². The third-order valence-electron chi connectivity index (χ3n) is 8.79. The maximum atomic E-state index is 9.57. The topological polar surface area (TPSA) is 80.9 Å².